The second-order valence-corrected chi connectivity index (χ2v) is 8.60. The standard InChI is InChI=1S/C28H22O9/c1-31-18-6-4-14(8-20(18)32-2)9-21-26(30)16-5-7-19-25(27(16)37-21)17(12-24(29)36-19)15-10-22(33-3)28-23(11-15)34-13-35-28/h4-11,17H,12-13H2,1-3H3/b21-9-/t17-/m0/s1. The fourth-order valence-corrected chi connectivity index (χ4v) is 4.84. The Labute approximate surface area is 212 Å². The number of ether oxygens (including phenoxy) is 7. The zero-order chi connectivity index (χ0) is 25.7. The van der Waals surface area contributed by atoms with Gasteiger partial charge in [0.15, 0.2) is 28.8 Å². The van der Waals surface area contributed by atoms with E-state index in [9.17, 15) is 9.59 Å². The first-order chi connectivity index (χ1) is 18.0. The van der Waals surface area contributed by atoms with E-state index in [2.05, 4.69) is 0 Å². The summed E-state index contributed by atoms with van der Waals surface area (Å²) >= 11 is 0. The minimum absolute atomic E-state index is 0.0541. The Kier molecular flexibility index (Phi) is 5.40. The van der Waals surface area contributed by atoms with Crippen LogP contribution in [0.5, 0.6) is 40.2 Å². The molecule has 3 aromatic carbocycles. The number of methoxy groups -OCH3 is 3. The van der Waals surface area contributed by atoms with Crippen LogP contribution in [-0.2, 0) is 4.79 Å². The van der Waals surface area contributed by atoms with E-state index in [0.29, 0.717) is 56.9 Å². The van der Waals surface area contributed by atoms with E-state index in [1.54, 1.807) is 56.7 Å². The summed E-state index contributed by atoms with van der Waals surface area (Å²) in [6.07, 6.45) is 1.70. The Morgan fingerprint density at radius 3 is 2.41 bits per heavy atom. The van der Waals surface area contributed by atoms with Gasteiger partial charge < -0.3 is 33.2 Å². The number of carbonyl (C=O) groups excluding carboxylic acids is 2. The molecule has 3 aromatic rings. The van der Waals surface area contributed by atoms with Crippen LogP contribution in [0.25, 0.3) is 6.08 Å². The molecule has 188 valence electrons. The van der Waals surface area contributed by atoms with E-state index in [-0.39, 0.29) is 30.7 Å². The zero-order valence-electron chi connectivity index (χ0n) is 20.3. The van der Waals surface area contributed by atoms with Gasteiger partial charge in [0.2, 0.25) is 18.3 Å². The maximum atomic E-state index is 13.3. The number of benzene rings is 3. The molecule has 0 saturated heterocycles. The van der Waals surface area contributed by atoms with E-state index in [1.807, 2.05) is 6.07 Å². The number of ketones is 1. The number of Topliss-reactive ketones (excluding diaryl/α,β-unsaturated/α-hetero) is 1. The average molecular weight is 502 g/mol. The van der Waals surface area contributed by atoms with Crippen LogP contribution < -0.4 is 33.2 Å². The molecule has 3 aliphatic heterocycles. The first-order valence-electron chi connectivity index (χ1n) is 11.5. The second-order valence-electron chi connectivity index (χ2n) is 8.60. The second kappa shape index (κ2) is 8.77. The van der Waals surface area contributed by atoms with Crippen molar-refractivity contribution >= 4 is 17.8 Å². The van der Waals surface area contributed by atoms with Gasteiger partial charge in [-0.15, -0.1) is 0 Å². The number of allylic oxidation sites excluding steroid dienone is 1. The normalized spacial score (nSPS) is 18.1. The summed E-state index contributed by atoms with van der Waals surface area (Å²) in [5.41, 5.74) is 2.45. The van der Waals surface area contributed by atoms with Gasteiger partial charge in [0.25, 0.3) is 0 Å². The molecule has 6 rings (SSSR count). The molecule has 0 fully saturated rings. The van der Waals surface area contributed by atoms with Gasteiger partial charge in [0.1, 0.15) is 11.5 Å². The van der Waals surface area contributed by atoms with Crippen molar-refractivity contribution in [2.24, 2.45) is 0 Å². The molecule has 0 spiro atoms. The van der Waals surface area contributed by atoms with Gasteiger partial charge in [-0.05, 0) is 53.6 Å². The highest BCUT2D eigenvalue weighted by atomic mass is 16.7. The molecule has 0 bridgehead atoms. The number of carbonyl (C=O) groups is 2. The fourth-order valence-electron chi connectivity index (χ4n) is 4.84. The summed E-state index contributed by atoms with van der Waals surface area (Å²) in [5, 5.41) is 0. The maximum Gasteiger partial charge on any atom is 0.312 e. The highest BCUT2D eigenvalue weighted by molar-refractivity contribution is 6.15. The van der Waals surface area contributed by atoms with Crippen molar-refractivity contribution in [3.63, 3.8) is 0 Å². The van der Waals surface area contributed by atoms with E-state index in [0.717, 1.165) is 5.56 Å². The van der Waals surface area contributed by atoms with Gasteiger partial charge in [0, 0.05) is 11.5 Å². The van der Waals surface area contributed by atoms with Crippen molar-refractivity contribution in [2.75, 3.05) is 28.1 Å². The largest absolute Gasteiger partial charge is 0.493 e. The van der Waals surface area contributed by atoms with E-state index < -0.39 is 5.92 Å². The first kappa shape index (κ1) is 22.8. The summed E-state index contributed by atoms with van der Waals surface area (Å²) in [6.45, 7) is 0.0791. The molecule has 37 heavy (non-hydrogen) atoms. The quantitative estimate of drug-likeness (QED) is 0.284. The topological polar surface area (TPSA) is 98.8 Å². The predicted molar refractivity (Wildman–Crippen MR) is 130 cm³/mol. The van der Waals surface area contributed by atoms with Crippen LogP contribution in [0.4, 0.5) is 0 Å². The Hall–Kier alpha value is -4.66. The lowest BCUT2D eigenvalue weighted by atomic mass is 9.84. The molecule has 0 aliphatic carbocycles. The summed E-state index contributed by atoms with van der Waals surface area (Å²) < 4.78 is 38.9. The van der Waals surface area contributed by atoms with Gasteiger partial charge in [-0.1, -0.05) is 6.07 Å². The summed E-state index contributed by atoms with van der Waals surface area (Å²) in [5.74, 6) is 2.36. The fraction of sp³-hybridized carbons (Fsp3) is 0.214. The molecule has 0 saturated carbocycles. The summed E-state index contributed by atoms with van der Waals surface area (Å²) in [7, 11) is 4.63. The predicted octanol–water partition coefficient (Wildman–Crippen LogP) is 4.50. The maximum absolute atomic E-state index is 13.3. The number of fused-ring (bicyclic) bond motifs is 4. The van der Waals surface area contributed by atoms with Crippen molar-refractivity contribution in [1.29, 1.82) is 0 Å². The monoisotopic (exact) mass is 502 g/mol. The van der Waals surface area contributed by atoms with Crippen molar-refractivity contribution in [3.05, 3.63) is 70.5 Å². The van der Waals surface area contributed by atoms with Crippen molar-refractivity contribution in [2.45, 2.75) is 12.3 Å². The third-order valence-electron chi connectivity index (χ3n) is 6.57. The molecular formula is C28H22O9. The average Bonchev–Trinajstić information content (AvgIpc) is 3.51. The van der Waals surface area contributed by atoms with E-state index in [4.69, 9.17) is 33.2 Å². The molecule has 3 heterocycles. The van der Waals surface area contributed by atoms with Crippen LogP contribution in [0.2, 0.25) is 0 Å². The van der Waals surface area contributed by atoms with E-state index >= 15 is 0 Å². The van der Waals surface area contributed by atoms with Crippen LogP contribution in [-0.4, -0.2) is 39.9 Å². The van der Waals surface area contributed by atoms with Gasteiger partial charge in [-0.25, -0.2) is 0 Å². The van der Waals surface area contributed by atoms with Crippen LogP contribution >= 0.6 is 0 Å². The highest BCUT2D eigenvalue weighted by Crippen LogP contribution is 2.51. The molecule has 1 atom stereocenters. The third kappa shape index (κ3) is 3.70. The summed E-state index contributed by atoms with van der Waals surface area (Å²) in [6, 6.07) is 12.2. The van der Waals surface area contributed by atoms with E-state index in [1.165, 1.54) is 7.11 Å². The lowest BCUT2D eigenvalue weighted by Gasteiger charge is -2.26. The third-order valence-corrected chi connectivity index (χ3v) is 6.57. The number of esters is 1. The van der Waals surface area contributed by atoms with Crippen molar-refractivity contribution < 1.29 is 42.7 Å². The lowest BCUT2D eigenvalue weighted by molar-refractivity contribution is -0.135. The first-order valence-corrected chi connectivity index (χ1v) is 11.5. The zero-order valence-corrected chi connectivity index (χ0v) is 20.3. The Morgan fingerprint density at radius 1 is 0.811 bits per heavy atom. The van der Waals surface area contributed by atoms with Crippen molar-refractivity contribution in [1.82, 2.24) is 0 Å². The van der Waals surface area contributed by atoms with Gasteiger partial charge >= 0.3 is 5.97 Å². The van der Waals surface area contributed by atoms with Crippen LogP contribution in [0.3, 0.4) is 0 Å². The lowest BCUT2D eigenvalue weighted by Crippen LogP contribution is -2.21. The molecule has 0 N–H and O–H groups in total. The van der Waals surface area contributed by atoms with Crippen molar-refractivity contribution in [3.8, 4) is 40.2 Å². The summed E-state index contributed by atoms with van der Waals surface area (Å²) in [4.78, 5) is 25.8. The Balaban J connectivity index is 1.43. The molecule has 0 amide bonds. The number of hydrogen-bond acceptors (Lipinski definition) is 9. The van der Waals surface area contributed by atoms with Gasteiger partial charge in [-0.2, -0.15) is 0 Å². The molecule has 9 heteroatoms. The molecule has 0 radical (unpaired) electrons. The molecule has 9 nitrogen and oxygen atoms in total. The van der Waals surface area contributed by atoms with Gasteiger partial charge in [-0.3, -0.25) is 9.59 Å². The molecule has 3 aliphatic rings. The van der Waals surface area contributed by atoms with Crippen LogP contribution in [0, 0.1) is 0 Å². The highest BCUT2D eigenvalue weighted by Gasteiger charge is 2.39. The number of hydrogen-bond donors (Lipinski definition) is 0. The minimum atomic E-state index is -0.456. The minimum Gasteiger partial charge on any atom is -0.493 e. The Bertz CT molecular complexity index is 1490. The molecular weight excluding hydrogens is 480 g/mol. The smallest absolute Gasteiger partial charge is 0.312 e. The Morgan fingerprint density at radius 2 is 1.62 bits per heavy atom. The molecule has 0 aromatic heterocycles. The van der Waals surface area contributed by atoms with Gasteiger partial charge in [0.05, 0.1) is 33.3 Å². The molecule has 0 unspecified atom stereocenters. The SMILES string of the molecule is COc1ccc(/C=C2\Oc3c(ccc4c3[C@H](c3cc(OC)c5c(c3)OCO5)CC(=O)O4)C2=O)cc1OC. The van der Waals surface area contributed by atoms with Crippen LogP contribution in [0.1, 0.15) is 39.4 Å². The van der Waals surface area contributed by atoms with Crippen LogP contribution in [0.15, 0.2) is 48.2 Å². The number of rotatable bonds is 5.